The quantitative estimate of drug-likeness (QED) is 0.537. The molecular formula is C10H18O3. The zero-order valence-electron chi connectivity index (χ0n) is 8.76. The summed E-state index contributed by atoms with van der Waals surface area (Å²) >= 11 is 0. The Balaban J connectivity index is 4.15. The van der Waals surface area contributed by atoms with Crippen molar-refractivity contribution in [2.45, 2.75) is 27.7 Å². The number of allylic oxidation sites excluding steroid dienone is 1. The van der Waals surface area contributed by atoms with E-state index in [0.717, 1.165) is 5.57 Å². The Bertz CT molecular complexity index is 199. The average Bonchev–Trinajstić information content (AvgIpc) is 1.99. The number of rotatable bonds is 3. The largest absolute Gasteiger partial charge is 0.460 e. The van der Waals surface area contributed by atoms with Crippen LogP contribution in [0.5, 0.6) is 0 Å². The van der Waals surface area contributed by atoms with Crippen molar-refractivity contribution in [3.63, 3.8) is 0 Å². The van der Waals surface area contributed by atoms with Gasteiger partial charge in [0.1, 0.15) is 6.61 Å². The molecule has 0 aliphatic carbocycles. The molecule has 0 amide bonds. The van der Waals surface area contributed by atoms with Gasteiger partial charge in [-0.25, -0.2) is 4.79 Å². The van der Waals surface area contributed by atoms with Crippen LogP contribution in [0.25, 0.3) is 0 Å². The predicted molar refractivity (Wildman–Crippen MR) is 51.3 cm³/mol. The van der Waals surface area contributed by atoms with Crippen LogP contribution in [0.1, 0.15) is 27.7 Å². The van der Waals surface area contributed by atoms with Crippen LogP contribution in [0.2, 0.25) is 0 Å². The Hall–Kier alpha value is -0.830. The fraction of sp³-hybridized carbons (Fsp3) is 0.700. The molecule has 0 heterocycles. The molecule has 0 spiro atoms. The van der Waals surface area contributed by atoms with Crippen molar-refractivity contribution in [2.75, 3.05) is 13.2 Å². The highest BCUT2D eigenvalue weighted by Crippen LogP contribution is 2.23. The lowest BCUT2D eigenvalue weighted by molar-refractivity contribution is -0.138. The maximum absolute atomic E-state index is 11.0. The number of aliphatic hydroxyl groups excluding tert-OH is 1. The van der Waals surface area contributed by atoms with Crippen molar-refractivity contribution in [1.82, 2.24) is 0 Å². The molecule has 0 atom stereocenters. The lowest BCUT2D eigenvalue weighted by Gasteiger charge is -2.18. The first-order valence-electron chi connectivity index (χ1n) is 4.34. The number of carbonyl (C=O) groups excluding carboxylic acids is 1. The number of hydrogen-bond donors (Lipinski definition) is 1. The van der Waals surface area contributed by atoms with Gasteiger partial charge in [0.25, 0.3) is 0 Å². The molecule has 76 valence electrons. The highest BCUT2D eigenvalue weighted by molar-refractivity contribution is 5.82. The molecule has 3 nitrogen and oxygen atoms in total. The first-order chi connectivity index (χ1) is 5.88. The minimum Gasteiger partial charge on any atom is -0.460 e. The second kappa shape index (κ2) is 5.02. The van der Waals surface area contributed by atoms with Crippen LogP contribution in [0.4, 0.5) is 0 Å². The third kappa shape index (κ3) is 5.42. The summed E-state index contributed by atoms with van der Waals surface area (Å²) in [6.45, 7) is 7.90. The fourth-order valence-corrected chi connectivity index (χ4v) is 0.581. The summed E-state index contributed by atoms with van der Waals surface area (Å²) in [6.07, 6.45) is 1.47. The summed E-state index contributed by atoms with van der Waals surface area (Å²) in [4.78, 5) is 11.0. The van der Waals surface area contributed by atoms with E-state index >= 15 is 0 Å². The standard InChI is InChI=1S/C10H18O3/c1-8(10(2,3)4)7-9(12)13-6-5-11/h7,11H,5-6H2,1-4H3/b8-7+. The molecule has 0 saturated carbocycles. The number of ether oxygens (including phenoxy) is 1. The summed E-state index contributed by atoms with van der Waals surface area (Å²) in [5.41, 5.74) is 0.952. The number of carbonyl (C=O) groups is 1. The van der Waals surface area contributed by atoms with E-state index in [4.69, 9.17) is 9.84 Å². The van der Waals surface area contributed by atoms with Crippen LogP contribution in [0.15, 0.2) is 11.6 Å². The van der Waals surface area contributed by atoms with Crippen molar-refractivity contribution < 1.29 is 14.6 Å². The molecule has 1 N–H and O–H groups in total. The van der Waals surface area contributed by atoms with E-state index in [2.05, 4.69) is 0 Å². The topological polar surface area (TPSA) is 46.5 Å². The molecule has 0 unspecified atom stereocenters. The molecule has 3 heteroatoms. The summed E-state index contributed by atoms with van der Waals surface area (Å²) in [7, 11) is 0. The molecule has 0 aliphatic rings. The van der Waals surface area contributed by atoms with Crippen molar-refractivity contribution >= 4 is 5.97 Å². The molecular weight excluding hydrogens is 168 g/mol. The first-order valence-corrected chi connectivity index (χ1v) is 4.34. The van der Waals surface area contributed by atoms with E-state index < -0.39 is 0 Å². The van der Waals surface area contributed by atoms with E-state index in [1.807, 2.05) is 27.7 Å². The van der Waals surface area contributed by atoms with E-state index in [-0.39, 0.29) is 24.6 Å². The SMILES string of the molecule is C/C(=C\C(=O)OCCO)C(C)(C)C. The van der Waals surface area contributed by atoms with E-state index in [1.165, 1.54) is 6.08 Å². The Morgan fingerprint density at radius 3 is 2.38 bits per heavy atom. The third-order valence-electron chi connectivity index (χ3n) is 1.85. The van der Waals surface area contributed by atoms with Gasteiger partial charge in [-0.05, 0) is 12.3 Å². The predicted octanol–water partition coefficient (Wildman–Crippen LogP) is 1.51. The molecule has 0 saturated heterocycles. The van der Waals surface area contributed by atoms with Crippen LogP contribution in [-0.4, -0.2) is 24.3 Å². The Morgan fingerprint density at radius 2 is 2.00 bits per heavy atom. The molecule has 0 fully saturated rings. The van der Waals surface area contributed by atoms with Gasteiger partial charge in [0.05, 0.1) is 6.61 Å². The molecule has 13 heavy (non-hydrogen) atoms. The van der Waals surface area contributed by atoms with Crippen LogP contribution >= 0.6 is 0 Å². The lowest BCUT2D eigenvalue weighted by atomic mass is 9.87. The van der Waals surface area contributed by atoms with Gasteiger partial charge in [-0.2, -0.15) is 0 Å². The summed E-state index contributed by atoms with van der Waals surface area (Å²) in [5, 5.41) is 8.41. The molecule has 0 radical (unpaired) electrons. The number of hydrogen-bond acceptors (Lipinski definition) is 3. The van der Waals surface area contributed by atoms with Crippen molar-refractivity contribution in [1.29, 1.82) is 0 Å². The van der Waals surface area contributed by atoms with Crippen LogP contribution in [0, 0.1) is 5.41 Å². The number of aliphatic hydroxyl groups is 1. The van der Waals surface area contributed by atoms with Gasteiger partial charge in [-0.3, -0.25) is 0 Å². The molecule has 0 aromatic carbocycles. The Kier molecular flexibility index (Phi) is 4.70. The average molecular weight is 186 g/mol. The molecule has 0 aromatic heterocycles. The van der Waals surface area contributed by atoms with Gasteiger partial charge in [0, 0.05) is 6.08 Å². The first kappa shape index (κ1) is 12.2. The summed E-state index contributed by atoms with van der Waals surface area (Å²) in [6, 6.07) is 0. The maximum atomic E-state index is 11.0. The van der Waals surface area contributed by atoms with Crippen molar-refractivity contribution in [2.24, 2.45) is 5.41 Å². The maximum Gasteiger partial charge on any atom is 0.330 e. The van der Waals surface area contributed by atoms with Crippen LogP contribution < -0.4 is 0 Å². The number of esters is 1. The van der Waals surface area contributed by atoms with Crippen LogP contribution in [-0.2, 0) is 9.53 Å². The van der Waals surface area contributed by atoms with Gasteiger partial charge in [-0.15, -0.1) is 0 Å². The van der Waals surface area contributed by atoms with Crippen molar-refractivity contribution in [3.8, 4) is 0 Å². The highest BCUT2D eigenvalue weighted by Gasteiger charge is 2.13. The smallest absolute Gasteiger partial charge is 0.330 e. The molecule has 0 bridgehead atoms. The zero-order chi connectivity index (χ0) is 10.5. The fourth-order valence-electron chi connectivity index (χ4n) is 0.581. The van der Waals surface area contributed by atoms with Gasteiger partial charge >= 0.3 is 5.97 Å². The minimum atomic E-state index is -0.388. The minimum absolute atomic E-state index is 0.0156. The molecule has 0 aromatic rings. The Morgan fingerprint density at radius 1 is 1.46 bits per heavy atom. The van der Waals surface area contributed by atoms with E-state index in [0.29, 0.717) is 0 Å². The van der Waals surface area contributed by atoms with Crippen molar-refractivity contribution in [3.05, 3.63) is 11.6 Å². The monoisotopic (exact) mass is 186 g/mol. The molecule has 0 rings (SSSR count). The van der Waals surface area contributed by atoms with Gasteiger partial charge in [0.15, 0.2) is 0 Å². The second-order valence-corrected chi connectivity index (χ2v) is 3.97. The Labute approximate surface area is 79.4 Å². The second-order valence-electron chi connectivity index (χ2n) is 3.97. The molecule has 0 aliphatic heterocycles. The summed E-state index contributed by atoms with van der Waals surface area (Å²) in [5.74, 6) is -0.388. The van der Waals surface area contributed by atoms with Crippen LogP contribution in [0.3, 0.4) is 0 Å². The lowest BCUT2D eigenvalue weighted by Crippen LogP contribution is -2.11. The van der Waals surface area contributed by atoms with Gasteiger partial charge in [-0.1, -0.05) is 26.3 Å². The van der Waals surface area contributed by atoms with E-state index in [1.54, 1.807) is 0 Å². The zero-order valence-corrected chi connectivity index (χ0v) is 8.76. The van der Waals surface area contributed by atoms with E-state index in [9.17, 15) is 4.79 Å². The van der Waals surface area contributed by atoms with Gasteiger partial charge in [0.2, 0.25) is 0 Å². The third-order valence-corrected chi connectivity index (χ3v) is 1.85. The highest BCUT2D eigenvalue weighted by atomic mass is 16.5. The normalized spacial score (nSPS) is 12.8. The van der Waals surface area contributed by atoms with Gasteiger partial charge < -0.3 is 9.84 Å². The summed E-state index contributed by atoms with van der Waals surface area (Å²) < 4.78 is 4.69.